The maximum absolute atomic E-state index is 5.34. The quantitative estimate of drug-likeness (QED) is 0.633. The molecule has 0 N–H and O–H groups in total. The summed E-state index contributed by atoms with van der Waals surface area (Å²) in [4.78, 5) is 0. The molecule has 2 aromatic rings. The molecule has 4 nitrogen and oxygen atoms in total. The van der Waals surface area contributed by atoms with Gasteiger partial charge in [0.05, 0.1) is 11.4 Å². The largest absolute Gasteiger partial charge is 0.454 e. The molecule has 0 spiro atoms. The van der Waals surface area contributed by atoms with Gasteiger partial charge in [0.25, 0.3) is 0 Å². The molecule has 2 heterocycles. The average molecular weight is 270 g/mol. The van der Waals surface area contributed by atoms with Crippen molar-refractivity contribution >= 4 is 11.8 Å². The predicted octanol–water partition coefficient (Wildman–Crippen LogP) is 2.60. The minimum absolute atomic E-state index is 0.270. The van der Waals surface area contributed by atoms with E-state index in [2.05, 4.69) is 16.1 Å². The van der Waals surface area contributed by atoms with E-state index in [-0.39, 0.29) is 6.79 Å². The predicted molar refractivity (Wildman–Crippen MR) is 73.1 cm³/mol. The third kappa shape index (κ3) is 2.49. The van der Waals surface area contributed by atoms with Gasteiger partial charge in [0.1, 0.15) is 5.03 Å². The van der Waals surface area contributed by atoms with E-state index in [0.29, 0.717) is 5.75 Å². The fourth-order valence-electron chi connectivity index (χ4n) is 1.72. The fraction of sp³-hybridized carbons (Fsp3) is 0.143. The molecule has 1 aromatic carbocycles. The Kier molecular flexibility index (Phi) is 3.25. The molecule has 5 heteroatoms. The van der Waals surface area contributed by atoms with Crippen molar-refractivity contribution in [2.45, 2.75) is 5.03 Å². The summed E-state index contributed by atoms with van der Waals surface area (Å²) in [7, 11) is 0. The van der Waals surface area contributed by atoms with Gasteiger partial charge in [0.2, 0.25) is 6.79 Å². The van der Waals surface area contributed by atoms with Crippen LogP contribution < -0.4 is 9.47 Å². The lowest BCUT2D eigenvalue weighted by Crippen LogP contribution is -1.93. The maximum atomic E-state index is 5.34. The summed E-state index contributed by atoms with van der Waals surface area (Å²) in [6.07, 6.45) is 5.20. The van der Waals surface area contributed by atoms with Crippen molar-refractivity contribution in [1.29, 1.82) is 0 Å². The summed E-state index contributed by atoms with van der Waals surface area (Å²) >= 11 is 1.49. The zero-order valence-corrected chi connectivity index (χ0v) is 10.8. The third-order valence-electron chi connectivity index (χ3n) is 2.61. The molecule has 0 atom stereocenters. The maximum Gasteiger partial charge on any atom is 0.231 e. The van der Waals surface area contributed by atoms with E-state index in [1.807, 2.05) is 30.3 Å². The van der Waals surface area contributed by atoms with Gasteiger partial charge in [-0.05, 0) is 30.3 Å². The van der Waals surface area contributed by atoms with Crippen LogP contribution in [0.4, 0.5) is 0 Å². The van der Waals surface area contributed by atoms with Crippen LogP contribution in [0.5, 0.6) is 11.5 Å². The van der Waals surface area contributed by atoms with E-state index in [0.717, 1.165) is 27.8 Å². The highest BCUT2D eigenvalue weighted by molar-refractivity contribution is 7.99. The van der Waals surface area contributed by atoms with Crippen molar-refractivity contribution in [2.24, 2.45) is 0 Å². The Labute approximate surface area is 115 Å². The van der Waals surface area contributed by atoms with E-state index in [9.17, 15) is 0 Å². The Hall–Kier alpha value is -2.19. The van der Waals surface area contributed by atoms with Crippen molar-refractivity contribution in [1.82, 2.24) is 10.2 Å². The number of aromatic nitrogens is 2. The molecule has 1 aromatic heterocycles. The molecule has 1 aliphatic heterocycles. The molecule has 0 bridgehead atoms. The minimum atomic E-state index is 0.270. The number of nitrogens with zero attached hydrogens (tertiary/aromatic N) is 2. The SMILES string of the molecule is C#CCSc1ccc(-c2ccc3c(c2)OCO3)nn1. The monoisotopic (exact) mass is 270 g/mol. The Balaban J connectivity index is 1.84. The number of thioether (sulfide) groups is 1. The normalized spacial score (nSPS) is 12.2. The highest BCUT2D eigenvalue weighted by Gasteiger charge is 2.14. The molecule has 0 saturated carbocycles. The van der Waals surface area contributed by atoms with Crippen LogP contribution in [0.3, 0.4) is 0 Å². The molecule has 0 aliphatic carbocycles. The molecule has 19 heavy (non-hydrogen) atoms. The van der Waals surface area contributed by atoms with Gasteiger partial charge in [-0.15, -0.1) is 16.6 Å². The first-order chi connectivity index (χ1) is 9.36. The molecule has 0 fully saturated rings. The molecule has 0 saturated heterocycles. The zero-order chi connectivity index (χ0) is 13.1. The van der Waals surface area contributed by atoms with Crippen LogP contribution in [0.25, 0.3) is 11.3 Å². The fourth-order valence-corrected chi connectivity index (χ4v) is 2.22. The lowest BCUT2D eigenvalue weighted by Gasteiger charge is -2.02. The Bertz CT molecular complexity index is 635. The van der Waals surface area contributed by atoms with E-state index in [1.54, 1.807) is 0 Å². The summed E-state index contributed by atoms with van der Waals surface area (Å²) < 4.78 is 10.6. The highest BCUT2D eigenvalue weighted by Crippen LogP contribution is 2.35. The van der Waals surface area contributed by atoms with E-state index >= 15 is 0 Å². The van der Waals surface area contributed by atoms with Gasteiger partial charge < -0.3 is 9.47 Å². The summed E-state index contributed by atoms with van der Waals surface area (Å²) in [6.45, 7) is 0.270. The first-order valence-corrected chi connectivity index (χ1v) is 6.65. The van der Waals surface area contributed by atoms with Crippen LogP contribution in [0.1, 0.15) is 0 Å². The van der Waals surface area contributed by atoms with Gasteiger partial charge in [0, 0.05) is 5.56 Å². The van der Waals surface area contributed by atoms with Crippen LogP contribution in [0.2, 0.25) is 0 Å². The number of fused-ring (bicyclic) bond motifs is 1. The van der Waals surface area contributed by atoms with Crippen LogP contribution >= 0.6 is 11.8 Å². The second kappa shape index (κ2) is 5.21. The molecule has 1 aliphatic rings. The molecular formula is C14H10N2O2S. The molecule has 0 unspecified atom stereocenters. The summed E-state index contributed by atoms with van der Waals surface area (Å²) in [5.74, 6) is 4.65. The first kappa shape index (κ1) is 11.9. The van der Waals surface area contributed by atoms with Gasteiger partial charge >= 0.3 is 0 Å². The Morgan fingerprint density at radius 3 is 2.84 bits per heavy atom. The number of hydrogen-bond donors (Lipinski definition) is 0. The summed E-state index contributed by atoms with van der Waals surface area (Å²) in [5.41, 5.74) is 1.74. The van der Waals surface area contributed by atoms with Gasteiger partial charge in [-0.3, -0.25) is 0 Å². The molecule has 0 amide bonds. The number of rotatable bonds is 3. The number of benzene rings is 1. The smallest absolute Gasteiger partial charge is 0.231 e. The zero-order valence-electron chi connectivity index (χ0n) is 10.00. The van der Waals surface area contributed by atoms with Gasteiger partial charge in [-0.1, -0.05) is 17.7 Å². The van der Waals surface area contributed by atoms with Crippen molar-refractivity contribution in [3.63, 3.8) is 0 Å². The van der Waals surface area contributed by atoms with E-state index in [1.165, 1.54) is 11.8 Å². The van der Waals surface area contributed by atoms with Gasteiger partial charge in [-0.25, -0.2) is 0 Å². The first-order valence-electron chi connectivity index (χ1n) is 5.67. The molecule has 0 radical (unpaired) electrons. The van der Waals surface area contributed by atoms with Crippen LogP contribution in [-0.4, -0.2) is 22.7 Å². The van der Waals surface area contributed by atoms with Crippen LogP contribution in [0.15, 0.2) is 35.4 Å². The molecular weight excluding hydrogens is 260 g/mol. The highest BCUT2D eigenvalue weighted by atomic mass is 32.2. The van der Waals surface area contributed by atoms with Gasteiger partial charge in [0.15, 0.2) is 11.5 Å². The minimum Gasteiger partial charge on any atom is -0.454 e. The standard InChI is InChI=1S/C14H10N2O2S/c1-2-7-19-14-6-4-11(15-16-14)10-3-5-12-13(8-10)18-9-17-12/h1,3-6,8H,7,9H2. The number of terminal acetylenes is 1. The third-order valence-corrected chi connectivity index (χ3v) is 3.44. The van der Waals surface area contributed by atoms with Crippen molar-refractivity contribution in [2.75, 3.05) is 12.5 Å². The van der Waals surface area contributed by atoms with Gasteiger partial charge in [-0.2, -0.15) is 0 Å². The second-order valence-corrected chi connectivity index (χ2v) is 4.81. The van der Waals surface area contributed by atoms with Crippen LogP contribution in [0, 0.1) is 12.3 Å². The Morgan fingerprint density at radius 2 is 2.05 bits per heavy atom. The second-order valence-electron chi connectivity index (χ2n) is 3.82. The van der Waals surface area contributed by atoms with Crippen molar-refractivity contribution in [3.05, 3.63) is 30.3 Å². The average Bonchev–Trinajstić information content (AvgIpc) is 2.93. The lowest BCUT2D eigenvalue weighted by atomic mass is 10.1. The van der Waals surface area contributed by atoms with Crippen molar-refractivity contribution in [3.8, 4) is 35.1 Å². The van der Waals surface area contributed by atoms with Crippen LogP contribution in [-0.2, 0) is 0 Å². The molecule has 3 rings (SSSR count). The number of hydrogen-bond acceptors (Lipinski definition) is 5. The summed E-state index contributed by atoms with van der Waals surface area (Å²) in [6, 6.07) is 9.55. The molecule has 94 valence electrons. The summed E-state index contributed by atoms with van der Waals surface area (Å²) in [5, 5.41) is 9.14. The number of ether oxygens (including phenoxy) is 2. The van der Waals surface area contributed by atoms with Crippen molar-refractivity contribution < 1.29 is 9.47 Å². The topological polar surface area (TPSA) is 44.2 Å². The lowest BCUT2D eigenvalue weighted by molar-refractivity contribution is 0.174. The van der Waals surface area contributed by atoms with E-state index < -0.39 is 0 Å². The Morgan fingerprint density at radius 1 is 1.16 bits per heavy atom. The van der Waals surface area contributed by atoms with E-state index in [4.69, 9.17) is 15.9 Å².